The molecule has 1 aromatic heterocycles. The molecule has 0 aliphatic rings. The molecule has 0 spiro atoms. The van der Waals surface area contributed by atoms with Crippen LogP contribution in [0.25, 0.3) is 0 Å². The van der Waals surface area contributed by atoms with Gasteiger partial charge in [0.15, 0.2) is 0 Å². The molecule has 0 saturated carbocycles. The third kappa shape index (κ3) is 2.39. The Balaban J connectivity index is 2.08. The van der Waals surface area contributed by atoms with Gasteiger partial charge in [0.25, 0.3) is 0 Å². The van der Waals surface area contributed by atoms with E-state index in [1.165, 1.54) is 10.6 Å². The average molecular weight is 233 g/mol. The first-order valence-electron chi connectivity index (χ1n) is 5.13. The number of nitrogens with zero attached hydrogens (tertiary/aromatic N) is 2. The summed E-state index contributed by atoms with van der Waals surface area (Å²) in [5, 5.41) is 5.48. The summed E-state index contributed by atoms with van der Waals surface area (Å²) in [5.74, 6) is 0.881. The van der Waals surface area contributed by atoms with E-state index in [0.717, 1.165) is 17.1 Å². The van der Waals surface area contributed by atoms with E-state index < -0.39 is 0 Å². The quantitative estimate of drug-likeness (QED) is 0.654. The van der Waals surface area contributed by atoms with Crippen molar-refractivity contribution in [2.45, 2.75) is 17.7 Å². The Morgan fingerprint density at radius 1 is 1.38 bits per heavy atom. The van der Waals surface area contributed by atoms with E-state index in [1.54, 1.807) is 11.8 Å². The van der Waals surface area contributed by atoms with Crippen molar-refractivity contribution in [2.75, 3.05) is 5.73 Å². The standard InChI is InChI=1S/C12H15N3S/c1-9-7-12(15(2)14-9)16-8-10-5-3-4-6-11(10)13/h3-7H,8,13H2,1-2H3. The first kappa shape index (κ1) is 11.1. The number of aryl methyl sites for hydroxylation is 2. The Morgan fingerprint density at radius 2 is 2.12 bits per heavy atom. The molecule has 2 rings (SSSR count). The first-order chi connectivity index (χ1) is 7.66. The molecule has 3 nitrogen and oxygen atoms in total. The Hall–Kier alpha value is -1.42. The maximum Gasteiger partial charge on any atom is 0.0942 e. The molecule has 0 aliphatic carbocycles. The monoisotopic (exact) mass is 233 g/mol. The lowest BCUT2D eigenvalue weighted by Crippen LogP contribution is -1.94. The van der Waals surface area contributed by atoms with Crippen molar-refractivity contribution in [2.24, 2.45) is 7.05 Å². The van der Waals surface area contributed by atoms with Crippen molar-refractivity contribution in [3.8, 4) is 0 Å². The lowest BCUT2D eigenvalue weighted by atomic mass is 10.2. The highest BCUT2D eigenvalue weighted by atomic mass is 32.2. The number of nitrogens with two attached hydrogens (primary N) is 1. The number of anilines is 1. The molecule has 0 fully saturated rings. The summed E-state index contributed by atoms with van der Waals surface area (Å²) in [5.41, 5.74) is 8.97. The summed E-state index contributed by atoms with van der Waals surface area (Å²) < 4.78 is 1.90. The smallest absolute Gasteiger partial charge is 0.0942 e. The normalized spacial score (nSPS) is 10.6. The van der Waals surface area contributed by atoms with Crippen LogP contribution in [0.5, 0.6) is 0 Å². The first-order valence-corrected chi connectivity index (χ1v) is 6.12. The van der Waals surface area contributed by atoms with E-state index in [4.69, 9.17) is 5.73 Å². The molecule has 0 unspecified atom stereocenters. The molecule has 84 valence electrons. The number of para-hydroxylation sites is 1. The van der Waals surface area contributed by atoms with E-state index in [1.807, 2.05) is 36.9 Å². The minimum atomic E-state index is 0.855. The SMILES string of the molecule is Cc1cc(SCc2ccccc2N)n(C)n1. The van der Waals surface area contributed by atoms with Crippen LogP contribution < -0.4 is 5.73 Å². The molecular formula is C12H15N3S. The van der Waals surface area contributed by atoms with Crippen molar-refractivity contribution >= 4 is 17.4 Å². The fraction of sp³-hybridized carbons (Fsp3) is 0.250. The summed E-state index contributed by atoms with van der Waals surface area (Å²) in [6, 6.07) is 10.1. The lowest BCUT2D eigenvalue weighted by molar-refractivity contribution is 0.692. The van der Waals surface area contributed by atoms with E-state index >= 15 is 0 Å². The van der Waals surface area contributed by atoms with E-state index in [9.17, 15) is 0 Å². The van der Waals surface area contributed by atoms with Crippen LogP contribution in [0, 0.1) is 6.92 Å². The van der Waals surface area contributed by atoms with Crippen LogP contribution in [0.2, 0.25) is 0 Å². The Bertz CT molecular complexity index is 491. The summed E-state index contributed by atoms with van der Waals surface area (Å²) in [6.07, 6.45) is 0. The van der Waals surface area contributed by atoms with Crippen LogP contribution in [-0.2, 0) is 12.8 Å². The molecule has 0 amide bonds. The van der Waals surface area contributed by atoms with Crippen molar-refractivity contribution in [3.63, 3.8) is 0 Å². The fourth-order valence-electron chi connectivity index (χ4n) is 1.54. The highest BCUT2D eigenvalue weighted by Gasteiger charge is 2.04. The highest BCUT2D eigenvalue weighted by molar-refractivity contribution is 7.98. The topological polar surface area (TPSA) is 43.8 Å². The summed E-state index contributed by atoms with van der Waals surface area (Å²) in [6.45, 7) is 2.00. The summed E-state index contributed by atoms with van der Waals surface area (Å²) >= 11 is 1.76. The molecule has 1 heterocycles. The largest absolute Gasteiger partial charge is 0.398 e. The van der Waals surface area contributed by atoms with Gasteiger partial charge in [-0.15, -0.1) is 11.8 Å². The van der Waals surface area contributed by atoms with E-state index in [0.29, 0.717) is 0 Å². The third-order valence-corrected chi connectivity index (χ3v) is 3.52. The van der Waals surface area contributed by atoms with E-state index in [2.05, 4.69) is 17.2 Å². The van der Waals surface area contributed by atoms with Crippen molar-refractivity contribution < 1.29 is 0 Å². The second kappa shape index (κ2) is 4.61. The lowest BCUT2D eigenvalue weighted by Gasteiger charge is -2.04. The van der Waals surface area contributed by atoms with Crippen molar-refractivity contribution in [1.82, 2.24) is 9.78 Å². The van der Waals surface area contributed by atoms with Gasteiger partial charge < -0.3 is 5.73 Å². The van der Waals surface area contributed by atoms with Gasteiger partial charge in [-0.25, -0.2) is 0 Å². The van der Waals surface area contributed by atoms with Gasteiger partial charge in [0.2, 0.25) is 0 Å². The molecule has 0 aliphatic heterocycles. The molecule has 4 heteroatoms. The van der Waals surface area contributed by atoms with Crippen LogP contribution in [0.4, 0.5) is 5.69 Å². The molecule has 0 atom stereocenters. The number of hydrogen-bond acceptors (Lipinski definition) is 3. The number of benzene rings is 1. The van der Waals surface area contributed by atoms with Gasteiger partial charge in [-0.2, -0.15) is 5.10 Å². The second-order valence-electron chi connectivity index (χ2n) is 3.74. The molecular weight excluding hydrogens is 218 g/mol. The van der Waals surface area contributed by atoms with Gasteiger partial charge >= 0.3 is 0 Å². The van der Waals surface area contributed by atoms with Crippen LogP contribution in [0.1, 0.15) is 11.3 Å². The molecule has 2 aromatic rings. The van der Waals surface area contributed by atoms with Crippen molar-refractivity contribution in [1.29, 1.82) is 0 Å². The highest BCUT2D eigenvalue weighted by Crippen LogP contribution is 2.25. The maximum absolute atomic E-state index is 5.89. The molecule has 1 aromatic carbocycles. The van der Waals surface area contributed by atoms with Crippen LogP contribution in [0.15, 0.2) is 35.4 Å². The van der Waals surface area contributed by atoms with Gasteiger partial charge in [0, 0.05) is 18.5 Å². The predicted octanol–water partition coefficient (Wildman–Crippen LogP) is 2.60. The molecule has 16 heavy (non-hydrogen) atoms. The number of aromatic nitrogens is 2. The Labute approximate surface area is 99.7 Å². The zero-order valence-corrected chi connectivity index (χ0v) is 10.3. The van der Waals surface area contributed by atoms with Gasteiger partial charge in [-0.1, -0.05) is 18.2 Å². The summed E-state index contributed by atoms with van der Waals surface area (Å²) in [7, 11) is 1.96. The average Bonchev–Trinajstić information content (AvgIpc) is 2.56. The number of thioether (sulfide) groups is 1. The summed E-state index contributed by atoms with van der Waals surface area (Å²) in [4.78, 5) is 0. The van der Waals surface area contributed by atoms with Crippen LogP contribution in [-0.4, -0.2) is 9.78 Å². The number of nitrogen functional groups attached to an aromatic ring is 1. The third-order valence-electron chi connectivity index (χ3n) is 2.39. The second-order valence-corrected chi connectivity index (χ2v) is 4.73. The minimum absolute atomic E-state index is 0.855. The number of rotatable bonds is 3. The van der Waals surface area contributed by atoms with Crippen molar-refractivity contribution in [3.05, 3.63) is 41.6 Å². The predicted molar refractivity (Wildman–Crippen MR) is 68.4 cm³/mol. The van der Waals surface area contributed by atoms with Gasteiger partial charge in [-0.05, 0) is 24.6 Å². The molecule has 0 radical (unpaired) electrons. The Kier molecular flexibility index (Phi) is 3.19. The van der Waals surface area contributed by atoms with Crippen LogP contribution in [0.3, 0.4) is 0 Å². The zero-order valence-electron chi connectivity index (χ0n) is 9.47. The van der Waals surface area contributed by atoms with Gasteiger partial charge in [0.1, 0.15) is 0 Å². The Morgan fingerprint density at radius 3 is 2.75 bits per heavy atom. The fourth-order valence-corrected chi connectivity index (χ4v) is 2.59. The molecule has 0 bridgehead atoms. The molecule has 0 saturated heterocycles. The van der Waals surface area contributed by atoms with Gasteiger partial charge in [-0.3, -0.25) is 4.68 Å². The molecule has 2 N–H and O–H groups in total. The zero-order chi connectivity index (χ0) is 11.5. The minimum Gasteiger partial charge on any atom is -0.398 e. The van der Waals surface area contributed by atoms with Crippen LogP contribution >= 0.6 is 11.8 Å². The van der Waals surface area contributed by atoms with Gasteiger partial charge in [0.05, 0.1) is 10.7 Å². The van der Waals surface area contributed by atoms with E-state index in [-0.39, 0.29) is 0 Å². The maximum atomic E-state index is 5.89. The number of hydrogen-bond donors (Lipinski definition) is 1.